The second kappa shape index (κ2) is 5.98. The first-order chi connectivity index (χ1) is 8.16. The fourth-order valence-corrected chi connectivity index (χ4v) is 2.72. The zero-order valence-corrected chi connectivity index (χ0v) is 12.0. The molecule has 1 N–H and O–H groups in total. The molecule has 0 radical (unpaired) electrons. The van der Waals surface area contributed by atoms with Crippen LogP contribution in [0.25, 0.3) is 0 Å². The average Bonchev–Trinajstić information content (AvgIpc) is 3.02. The van der Waals surface area contributed by atoms with Crippen molar-refractivity contribution in [1.82, 2.24) is 10.2 Å². The number of nitrogens with zero attached hydrogens (tertiary/aromatic N) is 1. The molecule has 0 spiro atoms. The van der Waals surface area contributed by atoms with Crippen LogP contribution in [0, 0.1) is 5.92 Å². The maximum Gasteiger partial charge on any atom is 0.0241 e. The Morgan fingerprint density at radius 3 is 2.82 bits per heavy atom. The van der Waals surface area contributed by atoms with Crippen LogP contribution in [0.5, 0.6) is 0 Å². The fourth-order valence-electron chi connectivity index (χ4n) is 2.06. The molecule has 1 saturated carbocycles. The molecule has 0 bridgehead atoms. The molecule has 3 heteroatoms. The predicted octanol–water partition coefficient (Wildman–Crippen LogP) is 2.96. The number of hydrogen-bond donors (Lipinski definition) is 1. The zero-order valence-electron chi connectivity index (χ0n) is 11.1. The van der Waals surface area contributed by atoms with Crippen molar-refractivity contribution in [3.05, 3.63) is 22.4 Å². The van der Waals surface area contributed by atoms with Gasteiger partial charge in [0.1, 0.15) is 0 Å². The maximum absolute atomic E-state index is 3.63. The molecule has 0 amide bonds. The molecule has 1 aliphatic rings. The van der Waals surface area contributed by atoms with Gasteiger partial charge in [-0.3, -0.25) is 4.90 Å². The van der Waals surface area contributed by atoms with Crippen LogP contribution in [0.15, 0.2) is 16.8 Å². The van der Waals surface area contributed by atoms with Gasteiger partial charge >= 0.3 is 0 Å². The van der Waals surface area contributed by atoms with E-state index >= 15 is 0 Å². The third kappa shape index (κ3) is 4.09. The molecule has 1 aromatic heterocycles. The minimum Gasteiger partial charge on any atom is -0.314 e. The van der Waals surface area contributed by atoms with Gasteiger partial charge in [-0.15, -0.1) is 0 Å². The lowest BCUT2D eigenvalue weighted by atomic mass is 10.0. The van der Waals surface area contributed by atoms with Crippen molar-refractivity contribution in [2.24, 2.45) is 5.92 Å². The third-order valence-electron chi connectivity index (χ3n) is 3.84. The first-order valence-electron chi connectivity index (χ1n) is 6.61. The summed E-state index contributed by atoms with van der Waals surface area (Å²) in [5.74, 6) is 0.708. The standard InChI is InChI=1S/C14H24N2S/c1-11(8-15-14-4-5-14)12(2)16(3)9-13-6-7-17-10-13/h6-7,10-12,14-15H,4-5,8-9H2,1-3H3. The van der Waals surface area contributed by atoms with Crippen LogP contribution < -0.4 is 5.32 Å². The Bertz CT molecular complexity index is 319. The van der Waals surface area contributed by atoms with Gasteiger partial charge in [0, 0.05) is 18.6 Å². The lowest BCUT2D eigenvalue weighted by molar-refractivity contribution is 0.188. The quantitative estimate of drug-likeness (QED) is 0.802. The van der Waals surface area contributed by atoms with Crippen molar-refractivity contribution >= 4 is 11.3 Å². The van der Waals surface area contributed by atoms with Crippen LogP contribution in [0.1, 0.15) is 32.3 Å². The summed E-state index contributed by atoms with van der Waals surface area (Å²) in [6, 6.07) is 3.68. The van der Waals surface area contributed by atoms with E-state index in [4.69, 9.17) is 0 Å². The van der Waals surface area contributed by atoms with Gasteiger partial charge < -0.3 is 5.32 Å². The minimum absolute atomic E-state index is 0.626. The molecule has 2 atom stereocenters. The number of thiophene rings is 1. The van der Waals surface area contributed by atoms with Crippen molar-refractivity contribution in [2.45, 2.75) is 45.3 Å². The highest BCUT2D eigenvalue weighted by Gasteiger charge is 2.23. The van der Waals surface area contributed by atoms with E-state index in [1.807, 2.05) is 0 Å². The maximum atomic E-state index is 3.63. The highest BCUT2D eigenvalue weighted by molar-refractivity contribution is 7.07. The summed E-state index contributed by atoms with van der Waals surface area (Å²) >= 11 is 1.79. The predicted molar refractivity (Wildman–Crippen MR) is 75.4 cm³/mol. The van der Waals surface area contributed by atoms with Gasteiger partial charge in [-0.2, -0.15) is 11.3 Å². The van der Waals surface area contributed by atoms with Crippen LogP contribution in [0.4, 0.5) is 0 Å². The van der Waals surface area contributed by atoms with E-state index < -0.39 is 0 Å². The smallest absolute Gasteiger partial charge is 0.0241 e. The van der Waals surface area contributed by atoms with Crippen molar-refractivity contribution in [3.63, 3.8) is 0 Å². The fraction of sp³-hybridized carbons (Fsp3) is 0.714. The number of rotatable bonds is 7. The van der Waals surface area contributed by atoms with Gasteiger partial charge in [0.25, 0.3) is 0 Å². The van der Waals surface area contributed by atoms with Crippen molar-refractivity contribution in [3.8, 4) is 0 Å². The second-order valence-electron chi connectivity index (χ2n) is 5.45. The van der Waals surface area contributed by atoms with E-state index in [0.29, 0.717) is 12.0 Å². The molecule has 17 heavy (non-hydrogen) atoms. The minimum atomic E-state index is 0.626. The Balaban J connectivity index is 1.74. The Hall–Kier alpha value is -0.380. The largest absolute Gasteiger partial charge is 0.314 e. The third-order valence-corrected chi connectivity index (χ3v) is 4.57. The monoisotopic (exact) mass is 252 g/mol. The Labute approximate surface area is 109 Å². The molecule has 1 fully saturated rings. The van der Waals surface area contributed by atoms with E-state index in [-0.39, 0.29) is 0 Å². The van der Waals surface area contributed by atoms with E-state index in [9.17, 15) is 0 Å². The molecular formula is C14H24N2S. The SMILES string of the molecule is CC(CNC1CC1)C(C)N(C)Cc1ccsc1. The van der Waals surface area contributed by atoms with Crippen LogP contribution in [-0.2, 0) is 6.54 Å². The molecule has 1 heterocycles. The molecule has 2 unspecified atom stereocenters. The summed E-state index contributed by atoms with van der Waals surface area (Å²) in [5.41, 5.74) is 1.44. The van der Waals surface area contributed by atoms with Gasteiger partial charge in [-0.05, 0) is 61.7 Å². The molecular weight excluding hydrogens is 228 g/mol. The van der Waals surface area contributed by atoms with Crippen LogP contribution in [-0.4, -0.2) is 30.6 Å². The van der Waals surface area contributed by atoms with E-state index in [2.05, 4.69) is 47.9 Å². The molecule has 0 aromatic carbocycles. The molecule has 2 rings (SSSR count). The van der Waals surface area contributed by atoms with Crippen LogP contribution in [0.2, 0.25) is 0 Å². The summed E-state index contributed by atoms with van der Waals surface area (Å²) in [7, 11) is 2.23. The first kappa shape index (κ1) is 13.1. The topological polar surface area (TPSA) is 15.3 Å². The van der Waals surface area contributed by atoms with Gasteiger partial charge in [0.2, 0.25) is 0 Å². The Morgan fingerprint density at radius 2 is 2.24 bits per heavy atom. The van der Waals surface area contributed by atoms with Gasteiger partial charge in [0.05, 0.1) is 0 Å². The lowest BCUT2D eigenvalue weighted by Crippen LogP contribution is -2.39. The highest BCUT2D eigenvalue weighted by atomic mass is 32.1. The van der Waals surface area contributed by atoms with Gasteiger partial charge in [-0.1, -0.05) is 6.92 Å². The summed E-state index contributed by atoms with van der Waals surface area (Å²) in [6.07, 6.45) is 2.76. The number of hydrogen-bond acceptors (Lipinski definition) is 3. The van der Waals surface area contributed by atoms with Crippen molar-refractivity contribution < 1.29 is 0 Å². The lowest BCUT2D eigenvalue weighted by Gasteiger charge is -2.30. The summed E-state index contributed by atoms with van der Waals surface area (Å²) in [6.45, 7) is 6.91. The first-order valence-corrected chi connectivity index (χ1v) is 7.56. The van der Waals surface area contributed by atoms with Crippen LogP contribution in [0.3, 0.4) is 0 Å². The summed E-state index contributed by atoms with van der Waals surface area (Å²) in [5, 5.41) is 8.03. The Kier molecular flexibility index (Phi) is 4.60. The van der Waals surface area contributed by atoms with Crippen molar-refractivity contribution in [1.29, 1.82) is 0 Å². The molecule has 96 valence electrons. The van der Waals surface area contributed by atoms with E-state index in [1.165, 1.54) is 18.4 Å². The van der Waals surface area contributed by atoms with Crippen LogP contribution >= 0.6 is 11.3 Å². The van der Waals surface area contributed by atoms with Gasteiger partial charge in [-0.25, -0.2) is 0 Å². The highest BCUT2D eigenvalue weighted by Crippen LogP contribution is 2.20. The van der Waals surface area contributed by atoms with Gasteiger partial charge in [0.15, 0.2) is 0 Å². The van der Waals surface area contributed by atoms with E-state index in [1.54, 1.807) is 11.3 Å². The number of nitrogens with one attached hydrogen (secondary N) is 1. The molecule has 1 aliphatic carbocycles. The van der Waals surface area contributed by atoms with Crippen molar-refractivity contribution in [2.75, 3.05) is 13.6 Å². The molecule has 0 saturated heterocycles. The average molecular weight is 252 g/mol. The molecule has 2 nitrogen and oxygen atoms in total. The normalized spacial score (nSPS) is 19.5. The zero-order chi connectivity index (χ0) is 12.3. The van der Waals surface area contributed by atoms with E-state index in [0.717, 1.165) is 19.1 Å². The Morgan fingerprint density at radius 1 is 1.47 bits per heavy atom. The summed E-state index contributed by atoms with van der Waals surface area (Å²) < 4.78 is 0. The summed E-state index contributed by atoms with van der Waals surface area (Å²) in [4.78, 5) is 2.46. The molecule has 1 aromatic rings. The molecule has 0 aliphatic heterocycles. The second-order valence-corrected chi connectivity index (χ2v) is 6.23.